The van der Waals surface area contributed by atoms with E-state index < -0.39 is 18.7 Å². The molecule has 0 amide bonds. The SMILES string of the molecule is CCB(CC)/C(CC)=[C](\C)[Sn]([CH3])([CH3])[NH]C. The molecule has 0 saturated carbocycles. The normalized spacial score (nSPS) is 13.8. The first-order chi connectivity index (χ1) is 6.94. The minimum absolute atomic E-state index is 0.819. The summed E-state index contributed by atoms with van der Waals surface area (Å²) in [7, 11) is 2.14. The van der Waals surface area contributed by atoms with E-state index in [4.69, 9.17) is 0 Å². The molecule has 3 heteroatoms. The second-order valence-corrected chi connectivity index (χ2v) is 17.7. The van der Waals surface area contributed by atoms with Crippen LogP contribution >= 0.6 is 0 Å². The molecule has 0 aromatic heterocycles. The zero-order valence-electron chi connectivity index (χ0n) is 11.7. The molecule has 0 aromatic carbocycles. The Kier molecular flexibility index (Phi) is 7.26. The first-order valence-electron chi connectivity index (χ1n) is 6.33. The van der Waals surface area contributed by atoms with Gasteiger partial charge in [0.15, 0.2) is 0 Å². The molecule has 1 N–H and O–H groups in total. The number of nitrogens with one attached hydrogen (secondary N) is 1. The van der Waals surface area contributed by atoms with Crippen LogP contribution in [0.3, 0.4) is 0 Å². The summed E-state index contributed by atoms with van der Waals surface area (Å²) >= 11 is -2.08. The second kappa shape index (κ2) is 7.00. The molecule has 0 saturated heterocycles. The number of allylic oxidation sites excluding steroid dienone is 2. The Morgan fingerprint density at radius 1 is 1.13 bits per heavy atom. The Morgan fingerprint density at radius 2 is 1.60 bits per heavy atom. The molecule has 0 aliphatic heterocycles. The van der Waals surface area contributed by atoms with Crippen LogP contribution in [0.15, 0.2) is 9.06 Å². The Bertz CT molecular complexity index is 220. The van der Waals surface area contributed by atoms with Crippen molar-refractivity contribution < 1.29 is 0 Å². The van der Waals surface area contributed by atoms with E-state index in [9.17, 15) is 0 Å². The molecule has 0 spiro atoms. The Balaban J connectivity index is 5.12. The summed E-state index contributed by atoms with van der Waals surface area (Å²) in [4.78, 5) is 4.95. The van der Waals surface area contributed by atoms with Crippen molar-refractivity contribution >= 4 is 25.4 Å². The van der Waals surface area contributed by atoms with E-state index >= 15 is 0 Å². The average Bonchev–Trinajstić information content (AvgIpc) is 2.24. The van der Waals surface area contributed by atoms with Crippen LogP contribution in [-0.2, 0) is 0 Å². The van der Waals surface area contributed by atoms with Gasteiger partial charge in [0.1, 0.15) is 0 Å². The van der Waals surface area contributed by atoms with Gasteiger partial charge in [0.05, 0.1) is 0 Å². The van der Waals surface area contributed by atoms with Gasteiger partial charge in [-0.25, -0.2) is 0 Å². The van der Waals surface area contributed by atoms with Gasteiger partial charge in [0, 0.05) is 0 Å². The van der Waals surface area contributed by atoms with Gasteiger partial charge in [-0.1, -0.05) is 0 Å². The van der Waals surface area contributed by atoms with Gasteiger partial charge >= 0.3 is 102 Å². The van der Waals surface area contributed by atoms with Gasteiger partial charge < -0.3 is 0 Å². The molecule has 0 aliphatic rings. The van der Waals surface area contributed by atoms with E-state index in [1.54, 1.807) is 9.06 Å². The summed E-state index contributed by atoms with van der Waals surface area (Å²) in [5, 5.41) is 0. The van der Waals surface area contributed by atoms with Crippen molar-refractivity contribution in [2.24, 2.45) is 0 Å². The van der Waals surface area contributed by atoms with E-state index in [0.717, 1.165) is 6.71 Å². The van der Waals surface area contributed by atoms with Crippen LogP contribution < -0.4 is 3.54 Å². The van der Waals surface area contributed by atoms with E-state index in [0.29, 0.717) is 0 Å². The third-order valence-electron chi connectivity index (χ3n) is 3.90. The molecule has 0 aliphatic carbocycles. The quantitative estimate of drug-likeness (QED) is 0.736. The summed E-state index contributed by atoms with van der Waals surface area (Å²) in [6, 6.07) is 0. The van der Waals surface area contributed by atoms with Crippen molar-refractivity contribution in [3.8, 4) is 0 Å². The van der Waals surface area contributed by atoms with Gasteiger partial charge in [0.25, 0.3) is 0 Å². The fraction of sp³-hybridized carbons (Fsp3) is 0.833. The monoisotopic (exact) mass is 317 g/mol. The number of hydrogen-bond donors (Lipinski definition) is 1. The van der Waals surface area contributed by atoms with Crippen LogP contribution in [0.2, 0.25) is 22.5 Å². The van der Waals surface area contributed by atoms with Gasteiger partial charge in [-0.2, -0.15) is 0 Å². The third-order valence-corrected chi connectivity index (χ3v) is 13.7. The van der Waals surface area contributed by atoms with Crippen LogP contribution in [0.25, 0.3) is 0 Å². The number of rotatable bonds is 6. The molecular weight excluding hydrogens is 288 g/mol. The zero-order chi connectivity index (χ0) is 12.1. The van der Waals surface area contributed by atoms with E-state index in [1.807, 2.05) is 0 Å². The molecule has 0 rings (SSSR count). The number of hydrogen-bond acceptors (Lipinski definition) is 1. The van der Waals surface area contributed by atoms with Crippen molar-refractivity contribution in [1.29, 1.82) is 0 Å². The molecule has 15 heavy (non-hydrogen) atoms. The first-order valence-corrected chi connectivity index (χ1v) is 14.9. The molecular formula is C12H28BNSn. The van der Waals surface area contributed by atoms with Crippen LogP contribution in [0.4, 0.5) is 0 Å². The fourth-order valence-electron chi connectivity index (χ4n) is 2.23. The van der Waals surface area contributed by atoms with Gasteiger partial charge in [0.2, 0.25) is 0 Å². The predicted molar refractivity (Wildman–Crippen MR) is 76.2 cm³/mol. The van der Waals surface area contributed by atoms with Crippen LogP contribution in [0.1, 0.15) is 34.1 Å². The Labute approximate surface area is 101 Å². The standard InChI is InChI=1S/C9H18B.CH4N.2CH3.Sn/c1-5-9(6-2)10(7-3)8-4;1-2;;;/h5,7-8H2,1-4H3;2H,1H3;2*1H3;/q;-1;;;+1. The molecule has 88 valence electrons. The zero-order valence-corrected chi connectivity index (χ0v) is 14.6. The average molecular weight is 316 g/mol. The minimum atomic E-state index is -2.08. The topological polar surface area (TPSA) is 12.0 Å². The maximum atomic E-state index is 3.61. The maximum absolute atomic E-state index is 3.61. The molecule has 0 aromatic rings. The predicted octanol–water partition coefficient (Wildman–Crippen LogP) is 3.75. The summed E-state index contributed by atoms with van der Waals surface area (Å²) in [5.41, 5.74) is 1.75. The van der Waals surface area contributed by atoms with Crippen LogP contribution in [0, 0.1) is 0 Å². The van der Waals surface area contributed by atoms with E-state index in [2.05, 4.69) is 48.2 Å². The second-order valence-electron chi connectivity index (χ2n) is 4.89. The summed E-state index contributed by atoms with van der Waals surface area (Å²) < 4.78 is 5.35. The van der Waals surface area contributed by atoms with Crippen molar-refractivity contribution in [3.63, 3.8) is 0 Å². The van der Waals surface area contributed by atoms with Gasteiger partial charge in [-0.15, -0.1) is 0 Å². The van der Waals surface area contributed by atoms with Crippen molar-refractivity contribution in [2.45, 2.75) is 56.6 Å². The molecule has 0 heterocycles. The van der Waals surface area contributed by atoms with Crippen molar-refractivity contribution in [2.75, 3.05) is 7.05 Å². The van der Waals surface area contributed by atoms with E-state index in [1.165, 1.54) is 19.1 Å². The van der Waals surface area contributed by atoms with Crippen LogP contribution in [0.5, 0.6) is 0 Å². The summed E-state index contributed by atoms with van der Waals surface area (Å²) in [6.07, 6.45) is 3.82. The Morgan fingerprint density at radius 3 is 1.87 bits per heavy atom. The van der Waals surface area contributed by atoms with Crippen molar-refractivity contribution in [3.05, 3.63) is 9.06 Å². The fourth-order valence-corrected chi connectivity index (χ4v) is 6.68. The third kappa shape index (κ3) is 4.14. The molecule has 0 bridgehead atoms. The molecule has 0 unspecified atom stereocenters. The first kappa shape index (κ1) is 15.6. The van der Waals surface area contributed by atoms with Gasteiger partial charge in [-0.05, 0) is 0 Å². The Hall–Kier alpha value is 0.564. The molecule has 0 fully saturated rings. The van der Waals surface area contributed by atoms with E-state index in [-0.39, 0.29) is 0 Å². The summed E-state index contributed by atoms with van der Waals surface area (Å²) in [6.45, 7) is 10.1. The van der Waals surface area contributed by atoms with Crippen LogP contribution in [-0.4, -0.2) is 32.4 Å². The molecule has 1 nitrogen and oxygen atoms in total. The molecule has 0 atom stereocenters. The summed E-state index contributed by atoms with van der Waals surface area (Å²) in [5.74, 6) is 0. The van der Waals surface area contributed by atoms with Gasteiger partial charge in [-0.3, -0.25) is 0 Å². The van der Waals surface area contributed by atoms with Crippen molar-refractivity contribution in [1.82, 2.24) is 3.54 Å². The molecule has 0 radical (unpaired) electrons.